The summed E-state index contributed by atoms with van der Waals surface area (Å²) in [7, 11) is 0. The molecule has 2 aromatic rings. The molecular formula is C22H21ClF2. The number of hydrogen-bond acceptors (Lipinski definition) is 0. The van der Waals surface area contributed by atoms with E-state index in [0.717, 1.165) is 41.5 Å². The van der Waals surface area contributed by atoms with E-state index in [2.05, 4.69) is 24.8 Å². The number of allylic oxidation sites excluding steroid dienone is 1. The fraction of sp³-hybridized carbons (Fsp3) is 0.364. The third-order valence-electron chi connectivity index (χ3n) is 6.13. The van der Waals surface area contributed by atoms with Crippen LogP contribution in [0.2, 0.25) is 5.02 Å². The van der Waals surface area contributed by atoms with Crippen LogP contribution in [0, 0.1) is 23.5 Å². The molecule has 0 saturated heterocycles. The fourth-order valence-corrected chi connectivity index (χ4v) is 5.20. The Morgan fingerprint density at radius 1 is 1.04 bits per heavy atom. The zero-order valence-corrected chi connectivity index (χ0v) is 14.8. The summed E-state index contributed by atoms with van der Waals surface area (Å²) in [6.45, 7) is 4.04. The topological polar surface area (TPSA) is 0 Å². The van der Waals surface area contributed by atoms with E-state index in [0.29, 0.717) is 24.2 Å². The number of hydrogen-bond donors (Lipinski definition) is 0. The molecule has 4 unspecified atom stereocenters. The maximum atomic E-state index is 14.2. The van der Waals surface area contributed by atoms with Gasteiger partial charge in [0.1, 0.15) is 11.6 Å². The zero-order valence-electron chi connectivity index (χ0n) is 14.0. The lowest BCUT2D eigenvalue weighted by atomic mass is 9.58. The van der Waals surface area contributed by atoms with Crippen molar-refractivity contribution in [1.29, 1.82) is 0 Å². The van der Waals surface area contributed by atoms with E-state index >= 15 is 0 Å². The van der Waals surface area contributed by atoms with Crippen molar-refractivity contribution in [2.45, 2.75) is 37.5 Å². The molecule has 0 amide bonds. The van der Waals surface area contributed by atoms with Crippen LogP contribution in [0.4, 0.5) is 8.78 Å². The first-order chi connectivity index (χ1) is 12.1. The molecule has 2 aliphatic rings. The summed E-state index contributed by atoms with van der Waals surface area (Å²) < 4.78 is 28.1. The molecule has 1 saturated carbocycles. The second kappa shape index (κ2) is 6.57. The molecule has 2 aliphatic carbocycles. The van der Waals surface area contributed by atoms with Crippen LogP contribution in [0.5, 0.6) is 0 Å². The first kappa shape index (κ1) is 16.8. The Morgan fingerprint density at radius 2 is 1.80 bits per heavy atom. The summed E-state index contributed by atoms with van der Waals surface area (Å²) in [5, 5.41) is 0.726. The molecule has 2 aromatic carbocycles. The average molecular weight is 359 g/mol. The highest BCUT2D eigenvalue weighted by atomic mass is 35.5. The lowest BCUT2D eigenvalue weighted by Gasteiger charge is -2.46. The maximum Gasteiger partial charge on any atom is 0.129 e. The third kappa shape index (κ3) is 2.91. The summed E-state index contributed by atoms with van der Waals surface area (Å²) in [6.07, 6.45) is 5.61. The van der Waals surface area contributed by atoms with Gasteiger partial charge in [0, 0.05) is 11.1 Å². The highest BCUT2D eigenvalue weighted by Crippen LogP contribution is 2.54. The molecule has 0 spiro atoms. The first-order valence-electron chi connectivity index (χ1n) is 8.94. The van der Waals surface area contributed by atoms with E-state index in [-0.39, 0.29) is 11.7 Å². The molecule has 0 aromatic heterocycles. The van der Waals surface area contributed by atoms with E-state index in [9.17, 15) is 8.78 Å². The Balaban J connectivity index is 1.77. The number of rotatable bonds is 2. The van der Waals surface area contributed by atoms with Gasteiger partial charge in [0.25, 0.3) is 0 Å². The van der Waals surface area contributed by atoms with Crippen molar-refractivity contribution in [3.05, 3.63) is 82.4 Å². The third-order valence-corrected chi connectivity index (χ3v) is 6.38. The summed E-state index contributed by atoms with van der Waals surface area (Å²) in [5.41, 5.74) is 2.86. The predicted molar refractivity (Wildman–Crippen MR) is 98.0 cm³/mol. The summed E-state index contributed by atoms with van der Waals surface area (Å²) in [4.78, 5) is 0. The lowest BCUT2D eigenvalue weighted by Crippen LogP contribution is -2.35. The number of halogens is 3. The molecule has 0 nitrogen and oxygen atoms in total. The lowest BCUT2D eigenvalue weighted by molar-refractivity contribution is 0.194. The molecule has 3 heteroatoms. The highest BCUT2D eigenvalue weighted by Gasteiger charge is 2.42. The Bertz CT molecular complexity index is 796. The number of benzene rings is 2. The van der Waals surface area contributed by atoms with E-state index in [1.807, 2.05) is 12.1 Å². The van der Waals surface area contributed by atoms with Crippen LogP contribution in [0.15, 0.2) is 49.1 Å². The van der Waals surface area contributed by atoms with Gasteiger partial charge in [-0.3, -0.25) is 0 Å². The van der Waals surface area contributed by atoms with E-state index in [1.165, 1.54) is 5.56 Å². The van der Waals surface area contributed by atoms with Gasteiger partial charge in [0.05, 0.1) is 0 Å². The van der Waals surface area contributed by atoms with E-state index in [1.54, 1.807) is 6.07 Å². The van der Waals surface area contributed by atoms with Gasteiger partial charge in [-0.1, -0.05) is 29.8 Å². The van der Waals surface area contributed by atoms with Crippen molar-refractivity contribution in [2.75, 3.05) is 0 Å². The molecule has 0 bridgehead atoms. The Hall–Kier alpha value is -1.67. The largest absolute Gasteiger partial charge is 0.207 e. The molecule has 1 fully saturated rings. The maximum absolute atomic E-state index is 14.2. The van der Waals surface area contributed by atoms with Gasteiger partial charge in [-0.2, -0.15) is 0 Å². The molecule has 25 heavy (non-hydrogen) atoms. The van der Waals surface area contributed by atoms with Crippen LogP contribution < -0.4 is 0 Å². The summed E-state index contributed by atoms with van der Waals surface area (Å²) >= 11 is 6.06. The quantitative estimate of drug-likeness (QED) is 0.527. The standard InChI is InChI=1S/C22H21ClF2/c1-2-13-5-8-17-19(22(13)14-3-6-15(23)7-4-14)10-9-18-20(17)11-16(24)12-21(18)25/h2-4,6-7,11-13,17,19,22H,1,5,8-10H2. The molecule has 130 valence electrons. The molecule has 4 atom stereocenters. The SMILES string of the molecule is C=CC1CCC2c3cc(F)cc(F)c3CCC2C1c1ccc(Cl)cc1. The first-order valence-corrected chi connectivity index (χ1v) is 9.32. The van der Waals surface area contributed by atoms with E-state index < -0.39 is 5.82 Å². The van der Waals surface area contributed by atoms with Crippen molar-refractivity contribution in [3.63, 3.8) is 0 Å². The summed E-state index contributed by atoms with van der Waals surface area (Å²) in [6, 6.07) is 10.6. The average Bonchev–Trinajstić information content (AvgIpc) is 2.61. The van der Waals surface area contributed by atoms with Crippen LogP contribution in [-0.2, 0) is 6.42 Å². The summed E-state index contributed by atoms with van der Waals surface area (Å²) in [5.74, 6) is 0.459. The molecule has 0 aliphatic heterocycles. The van der Waals surface area contributed by atoms with Gasteiger partial charge in [0.2, 0.25) is 0 Å². The zero-order chi connectivity index (χ0) is 17.6. The van der Waals surface area contributed by atoms with E-state index in [4.69, 9.17) is 11.6 Å². The van der Waals surface area contributed by atoms with Crippen LogP contribution in [0.1, 0.15) is 47.8 Å². The van der Waals surface area contributed by atoms with Crippen LogP contribution in [-0.4, -0.2) is 0 Å². The van der Waals surface area contributed by atoms with Crippen molar-refractivity contribution < 1.29 is 8.78 Å². The van der Waals surface area contributed by atoms with Crippen molar-refractivity contribution in [1.82, 2.24) is 0 Å². The van der Waals surface area contributed by atoms with Crippen LogP contribution >= 0.6 is 11.6 Å². The van der Waals surface area contributed by atoms with Crippen LogP contribution in [0.25, 0.3) is 0 Å². The highest BCUT2D eigenvalue weighted by molar-refractivity contribution is 6.30. The molecule has 4 rings (SSSR count). The normalized spacial score (nSPS) is 28.1. The predicted octanol–water partition coefficient (Wildman–Crippen LogP) is 6.64. The molecule has 0 heterocycles. The van der Waals surface area contributed by atoms with Crippen molar-refractivity contribution in [3.8, 4) is 0 Å². The second-order valence-electron chi connectivity index (χ2n) is 7.32. The van der Waals surface area contributed by atoms with Gasteiger partial charge in [-0.25, -0.2) is 8.78 Å². The fourth-order valence-electron chi connectivity index (χ4n) is 5.07. The monoisotopic (exact) mass is 358 g/mol. The smallest absolute Gasteiger partial charge is 0.129 e. The minimum atomic E-state index is -0.467. The van der Waals surface area contributed by atoms with Crippen LogP contribution in [0.3, 0.4) is 0 Å². The number of fused-ring (bicyclic) bond motifs is 3. The Kier molecular flexibility index (Phi) is 4.41. The van der Waals surface area contributed by atoms with Gasteiger partial charge in [-0.05, 0) is 84.2 Å². The van der Waals surface area contributed by atoms with Gasteiger partial charge < -0.3 is 0 Å². The molecular weight excluding hydrogens is 338 g/mol. The minimum absolute atomic E-state index is 0.214. The molecule has 0 radical (unpaired) electrons. The van der Waals surface area contributed by atoms with Gasteiger partial charge in [-0.15, -0.1) is 6.58 Å². The van der Waals surface area contributed by atoms with Gasteiger partial charge in [0.15, 0.2) is 0 Å². The van der Waals surface area contributed by atoms with Crippen molar-refractivity contribution in [2.24, 2.45) is 11.8 Å². The Labute approximate surface area is 152 Å². The minimum Gasteiger partial charge on any atom is -0.207 e. The Morgan fingerprint density at radius 3 is 2.52 bits per heavy atom. The van der Waals surface area contributed by atoms with Crippen molar-refractivity contribution >= 4 is 11.6 Å². The molecule has 0 N–H and O–H groups in total. The second-order valence-corrected chi connectivity index (χ2v) is 7.76. The van der Waals surface area contributed by atoms with Gasteiger partial charge >= 0.3 is 0 Å².